The molecule has 0 saturated heterocycles. The predicted octanol–water partition coefficient (Wildman–Crippen LogP) is 2.91. The van der Waals surface area contributed by atoms with E-state index in [1.54, 1.807) is 4.90 Å². The van der Waals surface area contributed by atoms with Crippen LogP contribution in [-0.4, -0.2) is 35.7 Å². The molecule has 2 heterocycles. The summed E-state index contributed by atoms with van der Waals surface area (Å²) in [5, 5.41) is 9.11. The van der Waals surface area contributed by atoms with Crippen LogP contribution in [0.4, 0.5) is 10.5 Å². The molecule has 0 aromatic heterocycles. The highest BCUT2D eigenvalue weighted by Crippen LogP contribution is 2.28. The van der Waals surface area contributed by atoms with Gasteiger partial charge in [0.05, 0.1) is 18.3 Å². The number of hydrogen-bond acceptors (Lipinski definition) is 3. The van der Waals surface area contributed by atoms with Crippen LogP contribution in [-0.2, 0) is 17.8 Å². The molecule has 0 radical (unpaired) electrons. The third-order valence-electron chi connectivity index (χ3n) is 5.11. The van der Waals surface area contributed by atoms with Crippen LogP contribution in [0.15, 0.2) is 53.6 Å². The zero-order valence-corrected chi connectivity index (χ0v) is 15.5. The number of fused-ring (bicyclic) bond motifs is 1. The van der Waals surface area contributed by atoms with Crippen LogP contribution in [0.25, 0.3) is 0 Å². The molecule has 138 valence electrons. The van der Waals surface area contributed by atoms with Gasteiger partial charge in [0.15, 0.2) is 0 Å². The van der Waals surface area contributed by atoms with Crippen molar-refractivity contribution in [1.29, 1.82) is 0 Å². The van der Waals surface area contributed by atoms with Crippen LogP contribution in [0.3, 0.4) is 0 Å². The molecule has 3 amide bonds. The summed E-state index contributed by atoms with van der Waals surface area (Å²) in [6.45, 7) is 2.36. The molecule has 2 aliphatic heterocycles. The highest BCUT2D eigenvalue weighted by Gasteiger charge is 2.28. The Morgan fingerprint density at radius 1 is 1.11 bits per heavy atom. The second-order valence-corrected chi connectivity index (χ2v) is 7.00. The highest BCUT2D eigenvalue weighted by molar-refractivity contribution is 6.08. The Hall–Kier alpha value is -3.15. The first-order chi connectivity index (χ1) is 13.0. The molecule has 2 aromatic carbocycles. The number of hydrazone groups is 1. The van der Waals surface area contributed by atoms with Gasteiger partial charge in [-0.05, 0) is 36.6 Å². The summed E-state index contributed by atoms with van der Waals surface area (Å²) in [5.74, 6) is 0.139. The minimum Gasteiger partial charge on any atom is -0.328 e. The van der Waals surface area contributed by atoms with Crippen LogP contribution >= 0.6 is 0 Å². The normalized spacial score (nSPS) is 19.5. The molecule has 2 aliphatic rings. The average molecular weight is 362 g/mol. The Kier molecular flexibility index (Phi) is 4.39. The summed E-state index contributed by atoms with van der Waals surface area (Å²) in [5.41, 5.74) is 4.91. The van der Waals surface area contributed by atoms with Gasteiger partial charge in [0, 0.05) is 24.7 Å². The Labute approximate surface area is 158 Å². The molecular formula is C21H22N4O2. The summed E-state index contributed by atoms with van der Waals surface area (Å²) in [6, 6.07) is 15.5. The molecule has 6 heteroatoms. The van der Waals surface area contributed by atoms with Crippen molar-refractivity contribution in [1.82, 2.24) is 10.3 Å². The van der Waals surface area contributed by atoms with E-state index in [9.17, 15) is 9.59 Å². The van der Waals surface area contributed by atoms with Gasteiger partial charge in [-0.25, -0.2) is 9.80 Å². The largest absolute Gasteiger partial charge is 0.338 e. The molecule has 4 rings (SSSR count). The van der Waals surface area contributed by atoms with Crippen LogP contribution in [0.1, 0.15) is 30.0 Å². The number of rotatable bonds is 3. The maximum absolute atomic E-state index is 12.4. The van der Waals surface area contributed by atoms with Gasteiger partial charge in [0.2, 0.25) is 5.91 Å². The molecule has 1 unspecified atom stereocenters. The van der Waals surface area contributed by atoms with Crippen molar-refractivity contribution in [2.45, 2.75) is 32.4 Å². The second kappa shape index (κ2) is 6.87. The minimum atomic E-state index is -0.196. The zero-order valence-electron chi connectivity index (χ0n) is 15.5. The van der Waals surface area contributed by atoms with E-state index < -0.39 is 0 Å². The fraction of sp³-hybridized carbons (Fsp3) is 0.286. The first-order valence-electron chi connectivity index (χ1n) is 9.13. The van der Waals surface area contributed by atoms with Crippen molar-refractivity contribution < 1.29 is 9.59 Å². The van der Waals surface area contributed by atoms with E-state index in [2.05, 4.69) is 16.5 Å². The molecule has 0 fully saturated rings. The number of carbonyl (C=O) groups is 2. The van der Waals surface area contributed by atoms with Crippen molar-refractivity contribution in [3.8, 4) is 0 Å². The first kappa shape index (κ1) is 17.3. The second-order valence-electron chi connectivity index (χ2n) is 7.00. The first-order valence-corrected chi connectivity index (χ1v) is 9.13. The topological polar surface area (TPSA) is 65.0 Å². The number of carbonyl (C=O) groups excluding carboxylic acids is 2. The number of nitrogens with zero attached hydrogens (tertiary/aromatic N) is 3. The van der Waals surface area contributed by atoms with Gasteiger partial charge >= 0.3 is 6.03 Å². The maximum atomic E-state index is 12.4. The molecule has 1 N–H and O–H groups in total. The Morgan fingerprint density at radius 3 is 2.67 bits per heavy atom. The van der Waals surface area contributed by atoms with Gasteiger partial charge in [-0.3, -0.25) is 4.79 Å². The fourth-order valence-electron chi connectivity index (χ4n) is 3.58. The van der Waals surface area contributed by atoms with Crippen LogP contribution in [0, 0.1) is 0 Å². The summed E-state index contributed by atoms with van der Waals surface area (Å²) < 4.78 is 0. The predicted molar refractivity (Wildman–Crippen MR) is 105 cm³/mol. The number of anilines is 1. The van der Waals surface area contributed by atoms with E-state index in [-0.39, 0.29) is 18.0 Å². The molecule has 6 nitrogen and oxygen atoms in total. The summed E-state index contributed by atoms with van der Waals surface area (Å²) >= 11 is 0. The lowest BCUT2D eigenvalue weighted by Crippen LogP contribution is -2.50. The Bertz CT molecular complexity index is 923. The SMILES string of the molecule is CC1NC(=O)N(Cc2ccccc2)N=C1c1ccc2c(c1)CCC(=O)N2C. The maximum Gasteiger partial charge on any atom is 0.338 e. The lowest BCUT2D eigenvalue weighted by molar-refractivity contribution is -0.118. The summed E-state index contributed by atoms with van der Waals surface area (Å²) in [7, 11) is 1.81. The average Bonchev–Trinajstić information content (AvgIpc) is 2.67. The van der Waals surface area contributed by atoms with Crippen molar-refractivity contribution in [3.63, 3.8) is 0 Å². The van der Waals surface area contributed by atoms with Gasteiger partial charge < -0.3 is 10.2 Å². The number of aryl methyl sites for hydroxylation is 1. The number of hydrogen-bond donors (Lipinski definition) is 1. The molecule has 0 bridgehead atoms. The van der Waals surface area contributed by atoms with Gasteiger partial charge in [-0.15, -0.1) is 0 Å². The molecule has 0 aliphatic carbocycles. The van der Waals surface area contributed by atoms with Crippen LogP contribution in [0.5, 0.6) is 0 Å². The quantitative estimate of drug-likeness (QED) is 0.912. The van der Waals surface area contributed by atoms with Gasteiger partial charge in [-0.1, -0.05) is 36.4 Å². The zero-order chi connectivity index (χ0) is 19.0. The smallest absolute Gasteiger partial charge is 0.328 e. The van der Waals surface area contributed by atoms with E-state index in [1.807, 2.05) is 56.4 Å². The van der Waals surface area contributed by atoms with Gasteiger partial charge in [-0.2, -0.15) is 5.10 Å². The number of benzene rings is 2. The van der Waals surface area contributed by atoms with E-state index in [1.165, 1.54) is 5.01 Å². The molecule has 1 atom stereocenters. The van der Waals surface area contributed by atoms with E-state index >= 15 is 0 Å². The third kappa shape index (κ3) is 3.30. The van der Waals surface area contributed by atoms with Crippen molar-refractivity contribution >= 4 is 23.3 Å². The molecular weight excluding hydrogens is 340 g/mol. The number of amides is 3. The minimum absolute atomic E-state index is 0.139. The summed E-state index contributed by atoms with van der Waals surface area (Å²) in [6.07, 6.45) is 1.25. The van der Waals surface area contributed by atoms with Crippen LogP contribution in [0.2, 0.25) is 0 Å². The molecule has 0 spiro atoms. The fourth-order valence-corrected chi connectivity index (χ4v) is 3.58. The van der Waals surface area contributed by atoms with E-state index in [0.717, 1.165) is 34.5 Å². The van der Waals surface area contributed by atoms with E-state index in [0.29, 0.717) is 13.0 Å². The molecule has 2 aromatic rings. The molecule has 0 saturated carbocycles. The lowest BCUT2D eigenvalue weighted by Gasteiger charge is -2.30. The summed E-state index contributed by atoms with van der Waals surface area (Å²) in [4.78, 5) is 26.0. The van der Waals surface area contributed by atoms with Crippen molar-refractivity contribution in [2.75, 3.05) is 11.9 Å². The van der Waals surface area contributed by atoms with E-state index in [4.69, 9.17) is 0 Å². The Balaban J connectivity index is 1.66. The van der Waals surface area contributed by atoms with Crippen molar-refractivity contribution in [3.05, 3.63) is 65.2 Å². The van der Waals surface area contributed by atoms with Gasteiger partial charge in [0.1, 0.15) is 0 Å². The highest BCUT2D eigenvalue weighted by atomic mass is 16.2. The van der Waals surface area contributed by atoms with Crippen LogP contribution < -0.4 is 10.2 Å². The number of nitrogens with one attached hydrogen (secondary N) is 1. The Morgan fingerprint density at radius 2 is 1.89 bits per heavy atom. The van der Waals surface area contributed by atoms with Gasteiger partial charge in [0.25, 0.3) is 0 Å². The monoisotopic (exact) mass is 362 g/mol. The standard InChI is InChI=1S/C21H22N4O2/c1-14-20(17-8-10-18-16(12-17)9-11-19(26)24(18)2)23-25(21(27)22-14)13-15-6-4-3-5-7-15/h3-8,10,12,14H,9,11,13H2,1-2H3,(H,22,27). The number of urea groups is 1. The third-order valence-corrected chi connectivity index (χ3v) is 5.11. The molecule has 27 heavy (non-hydrogen) atoms. The lowest BCUT2D eigenvalue weighted by atomic mass is 9.95. The van der Waals surface area contributed by atoms with Crippen molar-refractivity contribution in [2.24, 2.45) is 5.10 Å².